The molecule has 5 rings (SSSR count). The Morgan fingerprint density at radius 3 is 2.48 bits per heavy atom. The van der Waals surface area contributed by atoms with Gasteiger partial charge >= 0.3 is 12.1 Å². The van der Waals surface area contributed by atoms with E-state index in [1.807, 2.05) is 87.5 Å². The number of hydrogen-bond acceptors (Lipinski definition) is 7. The molecule has 3 aromatic carbocycles. The molecule has 218 valence electrons. The van der Waals surface area contributed by atoms with Crippen molar-refractivity contribution >= 4 is 28.9 Å². The van der Waals surface area contributed by atoms with Crippen molar-refractivity contribution in [3.05, 3.63) is 89.7 Å². The molecule has 1 saturated carbocycles. The molecule has 1 aromatic heterocycles. The van der Waals surface area contributed by atoms with E-state index in [2.05, 4.69) is 10.8 Å². The summed E-state index contributed by atoms with van der Waals surface area (Å²) in [4.78, 5) is 41.0. The number of nitrogens with one attached hydrogen (secondary N) is 2. The molecular weight excluding hydrogens is 536 g/mol. The first-order valence-electron chi connectivity index (χ1n) is 13.8. The van der Waals surface area contributed by atoms with Crippen molar-refractivity contribution in [2.24, 2.45) is 0 Å². The maximum absolute atomic E-state index is 12.9. The fourth-order valence-corrected chi connectivity index (χ4v) is 4.89. The van der Waals surface area contributed by atoms with Gasteiger partial charge in [0.25, 0.3) is 5.91 Å². The number of carbonyl (C=O) groups excluding carboxylic acids is 3. The monoisotopic (exact) mass is 570 g/mol. The number of ether oxygens (including phenoxy) is 2. The van der Waals surface area contributed by atoms with Crippen LogP contribution in [0.5, 0.6) is 5.75 Å². The lowest BCUT2D eigenvalue weighted by Gasteiger charge is -2.19. The van der Waals surface area contributed by atoms with Gasteiger partial charge in [-0.15, -0.1) is 0 Å². The molecule has 9 heteroatoms. The van der Waals surface area contributed by atoms with Gasteiger partial charge in [0, 0.05) is 30.0 Å². The van der Waals surface area contributed by atoms with Crippen LogP contribution in [0.15, 0.2) is 77.4 Å². The zero-order chi connectivity index (χ0) is 29.9. The summed E-state index contributed by atoms with van der Waals surface area (Å²) in [5, 5.41) is 3.73. The van der Waals surface area contributed by atoms with Crippen molar-refractivity contribution in [2.75, 3.05) is 0 Å². The number of benzene rings is 3. The molecule has 0 bridgehead atoms. The first-order chi connectivity index (χ1) is 20.0. The SMILES string of the molecule is CC(=O)ONC(=O)C1(c2ccccc2OCc2cc(-c3cccc(CNC(=O)OC(C)(C)C)c3)c3occc3c2)CC1. The Kier molecular flexibility index (Phi) is 7.93. The summed E-state index contributed by atoms with van der Waals surface area (Å²) in [5.74, 6) is -0.354. The minimum atomic E-state index is -0.792. The molecule has 0 aliphatic heterocycles. The predicted molar refractivity (Wildman–Crippen MR) is 156 cm³/mol. The molecule has 0 spiro atoms. The largest absolute Gasteiger partial charge is 0.489 e. The van der Waals surface area contributed by atoms with Gasteiger partial charge in [-0.3, -0.25) is 9.59 Å². The number of hydroxylamine groups is 1. The summed E-state index contributed by atoms with van der Waals surface area (Å²) in [6, 6.07) is 21.3. The normalized spacial score (nSPS) is 13.7. The molecule has 9 nitrogen and oxygen atoms in total. The van der Waals surface area contributed by atoms with Crippen LogP contribution < -0.4 is 15.5 Å². The van der Waals surface area contributed by atoms with Gasteiger partial charge in [-0.25, -0.2) is 4.79 Å². The molecule has 42 heavy (non-hydrogen) atoms. The molecular formula is C33H34N2O7. The van der Waals surface area contributed by atoms with Crippen LogP contribution in [0.2, 0.25) is 0 Å². The summed E-state index contributed by atoms with van der Waals surface area (Å²) in [6.45, 7) is 7.28. The standard InChI is InChI=1S/C33H34N2O7/c1-21(36)42-35-30(37)33(13-14-33)27-10-5-6-11-28(27)40-20-23-17-25-12-15-39-29(25)26(18-23)24-9-7-8-22(16-24)19-34-31(38)41-32(2,3)4/h5-12,15-18H,13-14,19-20H2,1-4H3,(H,34,38)(H,35,37). The number of fused-ring (bicyclic) bond motifs is 1. The van der Waals surface area contributed by atoms with Crippen LogP contribution in [-0.2, 0) is 37.7 Å². The van der Waals surface area contributed by atoms with E-state index in [1.54, 1.807) is 6.26 Å². The molecule has 0 radical (unpaired) electrons. The van der Waals surface area contributed by atoms with E-state index in [9.17, 15) is 14.4 Å². The van der Waals surface area contributed by atoms with Crippen LogP contribution in [0.3, 0.4) is 0 Å². The van der Waals surface area contributed by atoms with Crippen molar-refractivity contribution in [1.29, 1.82) is 0 Å². The molecule has 0 unspecified atom stereocenters. The zero-order valence-corrected chi connectivity index (χ0v) is 24.1. The number of alkyl carbamates (subject to hydrolysis) is 1. The average Bonchev–Trinajstić information content (AvgIpc) is 3.62. The van der Waals surface area contributed by atoms with Gasteiger partial charge in [0.2, 0.25) is 0 Å². The van der Waals surface area contributed by atoms with Crippen molar-refractivity contribution in [2.45, 2.75) is 64.7 Å². The fraction of sp³-hybridized carbons (Fsp3) is 0.303. The van der Waals surface area contributed by atoms with Crippen LogP contribution in [0.4, 0.5) is 4.79 Å². The van der Waals surface area contributed by atoms with Crippen molar-refractivity contribution in [3.63, 3.8) is 0 Å². The lowest BCUT2D eigenvalue weighted by molar-refractivity contribution is -0.157. The molecule has 4 aromatic rings. The third kappa shape index (κ3) is 6.57. The van der Waals surface area contributed by atoms with E-state index < -0.39 is 23.1 Å². The Labute approximate surface area is 244 Å². The minimum Gasteiger partial charge on any atom is -0.489 e. The average molecular weight is 571 g/mol. The summed E-state index contributed by atoms with van der Waals surface area (Å²) >= 11 is 0. The first-order valence-corrected chi connectivity index (χ1v) is 13.8. The van der Waals surface area contributed by atoms with Crippen LogP contribution >= 0.6 is 0 Å². The highest BCUT2D eigenvalue weighted by molar-refractivity contribution is 5.93. The third-order valence-corrected chi connectivity index (χ3v) is 6.95. The van der Waals surface area contributed by atoms with Crippen molar-refractivity contribution in [1.82, 2.24) is 10.8 Å². The highest BCUT2D eigenvalue weighted by atomic mass is 16.7. The number of amides is 2. The molecule has 2 amide bonds. The van der Waals surface area contributed by atoms with Crippen LogP contribution in [0, 0.1) is 0 Å². The van der Waals surface area contributed by atoms with Crippen LogP contribution in [0.25, 0.3) is 22.1 Å². The summed E-state index contributed by atoms with van der Waals surface area (Å²) in [7, 11) is 0. The van der Waals surface area contributed by atoms with Gasteiger partial charge in [0.05, 0.1) is 11.7 Å². The Bertz CT molecular complexity index is 1630. The second kappa shape index (κ2) is 11.6. The fourth-order valence-electron chi connectivity index (χ4n) is 4.89. The minimum absolute atomic E-state index is 0.257. The highest BCUT2D eigenvalue weighted by Gasteiger charge is 2.53. The van der Waals surface area contributed by atoms with E-state index in [-0.39, 0.29) is 12.5 Å². The number of furan rings is 1. The Morgan fingerprint density at radius 1 is 0.952 bits per heavy atom. The zero-order valence-electron chi connectivity index (χ0n) is 24.1. The lowest BCUT2D eigenvalue weighted by Crippen LogP contribution is -2.36. The van der Waals surface area contributed by atoms with Gasteiger partial charge in [0.1, 0.15) is 23.5 Å². The first kappa shape index (κ1) is 28.7. The third-order valence-electron chi connectivity index (χ3n) is 6.95. The van der Waals surface area contributed by atoms with E-state index in [0.717, 1.165) is 38.8 Å². The number of rotatable bonds is 8. The van der Waals surface area contributed by atoms with E-state index >= 15 is 0 Å². The summed E-state index contributed by atoms with van der Waals surface area (Å²) in [5.41, 5.74) is 6.06. The summed E-state index contributed by atoms with van der Waals surface area (Å²) in [6.07, 6.45) is 2.44. The smallest absolute Gasteiger partial charge is 0.407 e. The van der Waals surface area contributed by atoms with Gasteiger partial charge in [-0.05, 0) is 80.6 Å². The van der Waals surface area contributed by atoms with E-state index in [1.165, 1.54) is 6.92 Å². The maximum Gasteiger partial charge on any atom is 0.407 e. The quantitative estimate of drug-likeness (QED) is 0.238. The second-order valence-corrected chi connectivity index (χ2v) is 11.4. The molecule has 1 fully saturated rings. The van der Waals surface area contributed by atoms with E-state index in [4.69, 9.17) is 18.7 Å². The molecule has 0 atom stereocenters. The van der Waals surface area contributed by atoms with Crippen LogP contribution in [-0.4, -0.2) is 23.6 Å². The second-order valence-electron chi connectivity index (χ2n) is 11.4. The van der Waals surface area contributed by atoms with Crippen LogP contribution in [0.1, 0.15) is 57.2 Å². The Morgan fingerprint density at radius 2 is 1.74 bits per heavy atom. The topological polar surface area (TPSA) is 116 Å². The molecule has 1 aliphatic rings. The Balaban J connectivity index is 1.35. The number of hydrogen-bond donors (Lipinski definition) is 2. The lowest BCUT2D eigenvalue weighted by atomic mass is 9.94. The predicted octanol–water partition coefficient (Wildman–Crippen LogP) is 6.33. The van der Waals surface area contributed by atoms with Gasteiger partial charge < -0.3 is 24.0 Å². The molecule has 0 saturated heterocycles. The van der Waals surface area contributed by atoms with Gasteiger partial charge in [0.15, 0.2) is 0 Å². The molecule has 1 heterocycles. The Hall–Kier alpha value is -4.79. The number of carbonyl (C=O) groups is 3. The molecule has 1 aliphatic carbocycles. The molecule has 2 N–H and O–H groups in total. The van der Waals surface area contributed by atoms with Gasteiger partial charge in [-0.2, -0.15) is 5.48 Å². The highest BCUT2D eigenvalue weighted by Crippen LogP contribution is 2.51. The summed E-state index contributed by atoms with van der Waals surface area (Å²) < 4.78 is 17.5. The number of para-hydroxylation sites is 1. The van der Waals surface area contributed by atoms with E-state index in [0.29, 0.717) is 25.1 Å². The maximum atomic E-state index is 12.9. The van der Waals surface area contributed by atoms with Gasteiger partial charge in [-0.1, -0.05) is 36.4 Å². The van der Waals surface area contributed by atoms with Crippen molar-refractivity contribution < 1.29 is 33.1 Å². The van der Waals surface area contributed by atoms with Crippen molar-refractivity contribution in [3.8, 4) is 16.9 Å².